The highest BCUT2D eigenvalue weighted by atomic mass is 19.1. The molecule has 0 fully saturated rings. The van der Waals surface area contributed by atoms with Crippen molar-refractivity contribution in [3.63, 3.8) is 0 Å². The second-order valence-electron chi connectivity index (χ2n) is 9.23. The van der Waals surface area contributed by atoms with Crippen LogP contribution in [0.25, 0.3) is 16.6 Å². The van der Waals surface area contributed by atoms with Crippen molar-refractivity contribution in [2.75, 3.05) is 26.5 Å². The number of methoxy groups -OCH3 is 1. The van der Waals surface area contributed by atoms with Gasteiger partial charge in [-0.05, 0) is 62.6 Å². The van der Waals surface area contributed by atoms with Crippen molar-refractivity contribution >= 4 is 22.5 Å². The molecule has 40 heavy (non-hydrogen) atoms. The second-order valence-corrected chi connectivity index (χ2v) is 9.23. The summed E-state index contributed by atoms with van der Waals surface area (Å²) < 4.78 is 27.4. The maximum absolute atomic E-state index is 15.1. The third kappa shape index (κ3) is 5.67. The van der Waals surface area contributed by atoms with E-state index in [2.05, 4.69) is 15.4 Å². The van der Waals surface area contributed by atoms with Gasteiger partial charge < -0.3 is 19.7 Å². The highest BCUT2D eigenvalue weighted by Gasteiger charge is 2.18. The van der Waals surface area contributed by atoms with Crippen molar-refractivity contribution < 1.29 is 18.7 Å². The van der Waals surface area contributed by atoms with E-state index in [1.807, 2.05) is 25.1 Å². The highest BCUT2D eigenvalue weighted by Crippen LogP contribution is 2.32. The van der Waals surface area contributed by atoms with Crippen LogP contribution < -0.4 is 20.3 Å². The van der Waals surface area contributed by atoms with E-state index < -0.39 is 17.3 Å². The lowest BCUT2D eigenvalue weighted by Crippen LogP contribution is -2.31. The minimum absolute atomic E-state index is 0.0371. The lowest BCUT2D eigenvalue weighted by atomic mass is 10.2. The maximum Gasteiger partial charge on any atom is 0.284 e. The molecule has 1 N–H and O–H groups in total. The fourth-order valence-corrected chi connectivity index (χ4v) is 4.15. The number of nitrogens with one attached hydrogen (secondary N) is 1. The van der Waals surface area contributed by atoms with Crippen LogP contribution in [0.1, 0.15) is 16.1 Å². The summed E-state index contributed by atoms with van der Waals surface area (Å²) in [5, 5.41) is 7.72. The summed E-state index contributed by atoms with van der Waals surface area (Å²) in [4.78, 5) is 32.6. The van der Waals surface area contributed by atoms with Gasteiger partial charge in [0.2, 0.25) is 0 Å². The number of hydrogen-bond donors (Lipinski definition) is 1. The highest BCUT2D eigenvalue weighted by molar-refractivity contribution is 6.04. The Morgan fingerprint density at radius 2 is 1.80 bits per heavy atom. The van der Waals surface area contributed by atoms with Crippen LogP contribution in [0, 0.1) is 5.82 Å². The molecule has 1 amide bonds. The van der Waals surface area contributed by atoms with Crippen LogP contribution in [0.2, 0.25) is 0 Å². The van der Waals surface area contributed by atoms with Gasteiger partial charge in [0.1, 0.15) is 17.1 Å². The van der Waals surface area contributed by atoms with Gasteiger partial charge in [-0.15, -0.1) is 0 Å². The van der Waals surface area contributed by atoms with E-state index in [0.717, 1.165) is 6.07 Å². The molecule has 2 heterocycles. The summed E-state index contributed by atoms with van der Waals surface area (Å²) in [5.41, 5.74) is 1.14. The third-order valence-corrected chi connectivity index (χ3v) is 6.01. The number of anilines is 1. The molecule has 2 aromatic heterocycles. The summed E-state index contributed by atoms with van der Waals surface area (Å²) in [7, 11) is 5.28. The summed E-state index contributed by atoms with van der Waals surface area (Å²) >= 11 is 0. The number of pyridine rings is 1. The number of hydrogen-bond acceptors (Lipinski definition) is 7. The first kappa shape index (κ1) is 26.5. The maximum atomic E-state index is 15.1. The SMILES string of the molecule is COc1ccc2c(Oc3ccc(NC(=O)c4cc(CN(C)C)nn(-c5ccccc5)c4=O)cc3F)ccnc2c1. The lowest BCUT2D eigenvalue weighted by molar-refractivity contribution is 0.102. The van der Waals surface area contributed by atoms with Gasteiger partial charge in [0, 0.05) is 35.9 Å². The number of carbonyl (C=O) groups is 1. The van der Waals surface area contributed by atoms with Crippen molar-refractivity contribution in [1.29, 1.82) is 0 Å². The third-order valence-electron chi connectivity index (χ3n) is 6.01. The zero-order valence-electron chi connectivity index (χ0n) is 22.1. The van der Waals surface area contributed by atoms with Gasteiger partial charge in [-0.25, -0.2) is 4.39 Å². The lowest BCUT2D eigenvalue weighted by Gasteiger charge is -2.14. The second kappa shape index (κ2) is 11.3. The van der Waals surface area contributed by atoms with Crippen molar-refractivity contribution in [3.8, 4) is 22.9 Å². The number of benzene rings is 3. The fourth-order valence-electron chi connectivity index (χ4n) is 4.15. The van der Waals surface area contributed by atoms with Crippen molar-refractivity contribution in [2.45, 2.75) is 6.54 Å². The van der Waals surface area contributed by atoms with Gasteiger partial charge in [0.05, 0.1) is 24.0 Å². The zero-order chi connectivity index (χ0) is 28.2. The van der Waals surface area contributed by atoms with E-state index in [4.69, 9.17) is 9.47 Å². The van der Waals surface area contributed by atoms with Crippen LogP contribution >= 0.6 is 0 Å². The van der Waals surface area contributed by atoms with E-state index in [-0.39, 0.29) is 17.0 Å². The molecule has 0 aliphatic rings. The normalized spacial score (nSPS) is 11.0. The molecular formula is C30H26FN5O4. The molecule has 0 radical (unpaired) electrons. The minimum atomic E-state index is -0.694. The molecule has 0 saturated carbocycles. The van der Waals surface area contributed by atoms with Gasteiger partial charge in [0.15, 0.2) is 11.6 Å². The first-order valence-corrected chi connectivity index (χ1v) is 12.4. The number of rotatable bonds is 8. The Hall–Kier alpha value is -5.09. The van der Waals surface area contributed by atoms with Gasteiger partial charge in [-0.1, -0.05) is 18.2 Å². The Morgan fingerprint density at radius 3 is 2.52 bits per heavy atom. The number of carbonyl (C=O) groups excluding carboxylic acids is 1. The molecule has 0 atom stereocenters. The average molecular weight is 540 g/mol. The molecule has 5 aromatic rings. The van der Waals surface area contributed by atoms with Crippen LogP contribution in [-0.2, 0) is 6.54 Å². The quantitative estimate of drug-likeness (QED) is 0.295. The number of aromatic nitrogens is 3. The number of para-hydroxylation sites is 1. The minimum Gasteiger partial charge on any atom is -0.497 e. The standard InChI is InChI=1S/C30H26FN5O4/c1-35(2)18-20-15-24(30(38)36(34-20)21-7-5-4-6-8-21)29(37)33-19-9-12-28(25(31)16-19)40-27-13-14-32-26-17-22(39-3)10-11-23(26)27/h4-17H,18H2,1-3H3,(H,33,37). The van der Waals surface area contributed by atoms with Crippen LogP contribution in [0.3, 0.4) is 0 Å². The number of ether oxygens (including phenoxy) is 2. The molecule has 202 valence electrons. The summed E-state index contributed by atoms with van der Waals surface area (Å²) in [6.45, 7) is 0.407. The zero-order valence-corrected chi connectivity index (χ0v) is 22.1. The predicted octanol–water partition coefficient (Wildman–Crippen LogP) is 5.03. The van der Waals surface area contributed by atoms with Crippen LogP contribution in [0.5, 0.6) is 17.2 Å². The van der Waals surface area contributed by atoms with E-state index in [1.54, 1.807) is 61.8 Å². The first-order chi connectivity index (χ1) is 19.3. The number of halogens is 1. The molecule has 0 unspecified atom stereocenters. The Morgan fingerprint density at radius 1 is 1.00 bits per heavy atom. The van der Waals surface area contributed by atoms with E-state index in [0.29, 0.717) is 40.3 Å². The molecule has 10 heteroatoms. The largest absolute Gasteiger partial charge is 0.497 e. The summed E-state index contributed by atoms with van der Waals surface area (Å²) in [5.74, 6) is -0.359. The molecule has 0 saturated heterocycles. The van der Waals surface area contributed by atoms with E-state index in [1.165, 1.54) is 22.9 Å². The average Bonchev–Trinajstić information content (AvgIpc) is 2.95. The molecule has 0 spiro atoms. The summed E-state index contributed by atoms with van der Waals surface area (Å²) in [6.07, 6.45) is 1.56. The molecule has 9 nitrogen and oxygen atoms in total. The number of nitrogens with zero attached hydrogens (tertiary/aromatic N) is 4. The molecular weight excluding hydrogens is 513 g/mol. The Balaban J connectivity index is 1.41. The topological polar surface area (TPSA) is 98.6 Å². The predicted molar refractivity (Wildman–Crippen MR) is 150 cm³/mol. The molecule has 3 aromatic carbocycles. The van der Waals surface area contributed by atoms with Gasteiger partial charge >= 0.3 is 0 Å². The molecule has 5 rings (SSSR count). The van der Waals surface area contributed by atoms with Crippen molar-refractivity contribution in [3.05, 3.63) is 112 Å². The Bertz CT molecular complexity index is 1760. The molecule has 0 aliphatic carbocycles. The van der Waals surface area contributed by atoms with Crippen LogP contribution in [0.4, 0.5) is 10.1 Å². The number of fused-ring (bicyclic) bond motifs is 1. The molecule has 0 aliphatic heterocycles. The Labute approximate surface area is 229 Å². The Kier molecular flexibility index (Phi) is 7.52. The van der Waals surface area contributed by atoms with Gasteiger partial charge in [-0.3, -0.25) is 14.6 Å². The summed E-state index contributed by atoms with van der Waals surface area (Å²) in [6, 6.07) is 21.3. The molecule has 0 bridgehead atoms. The first-order valence-electron chi connectivity index (χ1n) is 12.4. The monoisotopic (exact) mass is 539 g/mol. The van der Waals surface area contributed by atoms with Gasteiger partial charge in [0.25, 0.3) is 11.5 Å². The fraction of sp³-hybridized carbons (Fsp3) is 0.133. The smallest absolute Gasteiger partial charge is 0.284 e. The van der Waals surface area contributed by atoms with Crippen molar-refractivity contribution in [2.24, 2.45) is 0 Å². The van der Waals surface area contributed by atoms with Crippen LogP contribution in [-0.4, -0.2) is 46.8 Å². The van der Waals surface area contributed by atoms with Crippen molar-refractivity contribution in [1.82, 2.24) is 19.7 Å². The number of amides is 1. The van der Waals surface area contributed by atoms with E-state index in [9.17, 15) is 9.59 Å². The van der Waals surface area contributed by atoms with Gasteiger partial charge in [-0.2, -0.15) is 9.78 Å². The van der Waals surface area contributed by atoms with E-state index >= 15 is 4.39 Å². The van der Waals surface area contributed by atoms with Crippen LogP contribution in [0.15, 0.2) is 89.9 Å².